The second-order valence-electron chi connectivity index (χ2n) is 6.12. The lowest BCUT2D eigenvalue weighted by atomic mass is 9.75. The predicted octanol–water partition coefficient (Wildman–Crippen LogP) is 3.81. The summed E-state index contributed by atoms with van der Waals surface area (Å²) in [5.74, 6) is 0.546. The molecule has 0 saturated heterocycles. The molecule has 17 heavy (non-hydrogen) atoms. The molecule has 1 saturated carbocycles. The quantitative estimate of drug-likeness (QED) is 0.881. The van der Waals surface area contributed by atoms with Crippen LogP contribution >= 0.6 is 11.3 Å². The third kappa shape index (κ3) is 3.78. The summed E-state index contributed by atoms with van der Waals surface area (Å²) in [6.07, 6.45) is 7.28. The van der Waals surface area contributed by atoms with Crippen LogP contribution in [0, 0.1) is 5.41 Å². The summed E-state index contributed by atoms with van der Waals surface area (Å²) < 4.78 is 0. The van der Waals surface area contributed by atoms with Crippen LogP contribution in [-0.4, -0.2) is 17.6 Å². The molecule has 1 aromatic heterocycles. The van der Waals surface area contributed by atoms with Crippen molar-refractivity contribution in [3.8, 4) is 0 Å². The fourth-order valence-corrected chi connectivity index (χ4v) is 3.21. The standard InChI is InChI=1S/C14H24N2S/c1-11(13-15-8-9-17-13)10-16-12-4-6-14(2,3)7-5-12/h8-9,11-12,16H,4-7,10H2,1-3H3. The Morgan fingerprint density at radius 3 is 2.76 bits per heavy atom. The number of thiazole rings is 1. The Morgan fingerprint density at radius 2 is 2.18 bits per heavy atom. The summed E-state index contributed by atoms with van der Waals surface area (Å²) >= 11 is 1.77. The van der Waals surface area contributed by atoms with E-state index in [1.54, 1.807) is 11.3 Å². The van der Waals surface area contributed by atoms with Crippen LogP contribution in [0.5, 0.6) is 0 Å². The highest BCUT2D eigenvalue weighted by atomic mass is 32.1. The van der Waals surface area contributed by atoms with Gasteiger partial charge in [0.2, 0.25) is 0 Å². The maximum Gasteiger partial charge on any atom is 0.0965 e. The Labute approximate surface area is 109 Å². The number of hydrogen-bond donors (Lipinski definition) is 1. The van der Waals surface area contributed by atoms with Crippen LogP contribution in [0.4, 0.5) is 0 Å². The Balaban J connectivity index is 1.73. The lowest BCUT2D eigenvalue weighted by molar-refractivity contribution is 0.206. The lowest BCUT2D eigenvalue weighted by Gasteiger charge is -2.35. The summed E-state index contributed by atoms with van der Waals surface area (Å²) in [7, 11) is 0. The van der Waals surface area contributed by atoms with Gasteiger partial charge in [0, 0.05) is 30.1 Å². The van der Waals surface area contributed by atoms with E-state index < -0.39 is 0 Å². The second-order valence-corrected chi connectivity index (χ2v) is 7.04. The maximum atomic E-state index is 4.38. The molecule has 0 amide bonds. The largest absolute Gasteiger partial charge is 0.313 e. The van der Waals surface area contributed by atoms with Gasteiger partial charge in [0.1, 0.15) is 0 Å². The zero-order chi connectivity index (χ0) is 12.3. The molecule has 1 heterocycles. The Morgan fingerprint density at radius 1 is 1.47 bits per heavy atom. The highest BCUT2D eigenvalue weighted by Crippen LogP contribution is 2.35. The Kier molecular flexibility index (Phi) is 4.21. The molecular weight excluding hydrogens is 228 g/mol. The van der Waals surface area contributed by atoms with Crippen LogP contribution < -0.4 is 5.32 Å². The van der Waals surface area contributed by atoms with Crippen molar-refractivity contribution in [1.82, 2.24) is 10.3 Å². The molecule has 1 aliphatic rings. The monoisotopic (exact) mass is 252 g/mol. The van der Waals surface area contributed by atoms with Crippen LogP contribution in [0.1, 0.15) is 57.4 Å². The van der Waals surface area contributed by atoms with Crippen molar-refractivity contribution in [3.63, 3.8) is 0 Å². The molecule has 1 aromatic rings. The van der Waals surface area contributed by atoms with Crippen LogP contribution in [0.3, 0.4) is 0 Å². The van der Waals surface area contributed by atoms with Crippen LogP contribution in [0.25, 0.3) is 0 Å². The molecule has 1 aliphatic carbocycles. The zero-order valence-electron chi connectivity index (χ0n) is 11.2. The molecule has 0 bridgehead atoms. The predicted molar refractivity (Wildman–Crippen MR) is 74.6 cm³/mol. The number of nitrogens with one attached hydrogen (secondary N) is 1. The van der Waals surface area contributed by atoms with Gasteiger partial charge in [-0.3, -0.25) is 0 Å². The van der Waals surface area contributed by atoms with Gasteiger partial charge in [0.05, 0.1) is 5.01 Å². The zero-order valence-corrected chi connectivity index (χ0v) is 12.0. The number of hydrogen-bond acceptors (Lipinski definition) is 3. The molecule has 1 atom stereocenters. The average molecular weight is 252 g/mol. The van der Waals surface area contributed by atoms with Gasteiger partial charge in [-0.25, -0.2) is 4.98 Å². The molecule has 1 N–H and O–H groups in total. The molecule has 3 heteroatoms. The summed E-state index contributed by atoms with van der Waals surface area (Å²) in [5.41, 5.74) is 0.569. The van der Waals surface area contributed by atoms with Gasteiger partial charge in [-0.1, -0.05) is 20.8 Å². The Hall–Kier alpha value is -0.410. The first-order chi connectivity index (χ1) is 8.07. The molecule has 96 valence electrons. The van der Waals surface area contributed by atoms with Gasteiger partial charge in [-0.15, -0.1) is 11.3 Å². The van der Waals surface area contributed by atoms with Gasteiger partial charge in [0.15, 0.2) is 0 Å². The molecular formula is C14H24N2S. The minimum Gasteiger partial charge on any atom is -0.313 e. The molecule has 0 radical (unpaired) electrons. The minimum absolute atomic E-state index is 0.546. The van der Waals surface area contributed by atoms with E-state index in [-0.39, 0.29) is 0 Å². The Bertz CT molecular complexity index is 322. The minimum atomic E-state index is 0.546. The molecule has 1 unspecified atom stereocenters. The maximum absolute atomic E-state index is 4.38. The third-order valence-corrected chi connectivity index (χ3v) is 4.93. The number of rotatable bonds is 4. The van der Waals surface area contributed by atoms with Gasteiger partial charge in [-0.2, -0.15) is 0 Å². The first kappa shape index (κ1) is 13.0. The smallest absolute Gasteiger partial charge is 0.0965 e. The highest BCUT2D eigenvalue weighted by molar-refractivity contribution is 7.09. The molecule has 2 nitrogen and oxygen atoms in total. The summed E-state index contributed by atoms with van der Waals surface area (Å²) in [5, 5.41) is 7.04. The van der Waals surface area contributed by atoms with E-state index in [1.165, 1.54) is 30.7 Å². The van der Waals surface area contributed by atoms with E-state index in [4.69, 9.17) is 0 Å². The average Bonchev–Trinajstić information content (AvgIpc) is 2.80. The van der Waals surface area contributed by atoms with Crippen molar-refractivity contribution in [1.29, 1.82) is 0 Å². The van der Waals surface area contributed by atoms with E-state index in [2.05, 4.69) is 36.5 Å². The third-order valence-electron chi connectivity index (χ3n) is 3.92. The van der Waals surface area contributed by atoms with E-state index in [9.17, 15) is 0 Å². The SMILES string of the molecule is CC(CNC1CCC(C)(C)CC1)c1nccs1. The van der Waals surface area contributed by atoms with Crippen molar-refractivity contribution in [2.24, 2.45) is 5.41 Å². The van der Waals surface area contributed by atoms with E-state index >= 15 is 0 Å². The lowest BCUT2D eigenvalue weighted by Crippen LogP contribution is -2.37. The second kappa shape index (κ2) is 5.49. The van der Waals surface area contributed by atoms with Crippen molar-refractivity contribution in [2.75, 3.05) is 6.54 Å². The van der Waals surface area contributed by atoms with Crippen molar-refractivity contribution < 1.29 is 0 Å². The van der Waals surface area contributed by atoms with Crippen LogP contribution in [-0.2, 0) is 0 Å². The summed E-state index contributed by atoms with van der Waals surface area (Å²) in [6.45, 7) is 8.11. The first-order valence-electron chi connectivity index (χ1n) is 6.70. The van der Waals surface area contributed by atoms with Gasteiger partial charge < -0.3 is 5.32 Å². The van der Waals surface area contributed by atoms with E-state index in [1.807, 2.05) is 6.20 Å². The topological polar surface area (TPSA) is 24.9 Å². The normalized spacial score (nSPS) is 22.5. The van der Waals surface area contributed by atoms with Gasteiger partial charge in [-0.05, 0) is 31.1 Å². The van der Waals surface area contributed by atoms with Crippen LogP contribution in [0.15, 0.2) is 11.6 Å². The molecule has 2 rings (SSSR count). The fraction of sp³-hybridized carbons (Fsp3) is 0.786. The van der Waals surface area contributed by atoms with Crippen molar-refractivity contribution >= 4 is 11.3 Å². The number of aromatic nitrogens is 1. The molecule has 0 aromatic carbocycles. The van der Waals surface area contributed by atoms with Crippen molar-refractivity contribution in [2.45, 2.75) is 58.4 Å². The molecule has 0 aliphatic heterocycles. The first-order valence-corrected chi connectivity index (χ1v) is 7.57. The highest BCUT2D eigenvalue weighted by Gasteiger charge is 2.26. The molecule has 0 spiro atoms. The van der Waals surface area contributed by atoms with E-state index in [0.717, 1.165) is 12.6 Å². The molecule has 1 fully saturated rings. The van der Waals surface area contributed by atoms with E-state index in [0.29, 0.717) is 11.3 Å². The van der Waals surface area contributed by atoms with Gasteiger partial charge in [0.25, 0.3) is 0 Å². The summed E-state index contributed by atoms with van der Waals surface area (Å²) in [6, 6.07) is 0.727. The van der Waals surface area contributed by atoms with Crippen molar-refractivity contribution in [3.05, 3.63) is 16.6 Å². The van der Waals surface area contributed by atoms with Gasteiger partial charge >= 0.3 is 0 Å². The van der Waals surface area contributed by atoms with Crippen LogP contribution in [0.2, 0.25) is 0 Å². The number of nitrogens with zero attached hydrogens (tertiary/aromatic N) is 1. The summed E-state index contributed by atoms with van der Waals surface area (Å²) in [4.78, 5) is 4.38. The fourth-order valence-electron chi connectivity index (χ4n) is 2.51.